The maximum absolute atomic E-state index is 12.7. The van der Waals surface area contributed by atoms with E-state index >= 15 is 0 Å². The molecule has 1 saturated carbocycles. The van der Waals surface area contributed by atoms with Crippen molar-refractivity contribution >= 4 is 5.91 Å². The number of ether oxygens (including phenoxy) is 1. The highest BCUT2D eigenvalue weighted by atomic mass is 16.5. The molecule has 7 heteroatoms. The lowest BCUT2D eigenvalue weighted by Gasteiger charge is -2.24. The van der Waals surface area contributed by atoms with Crippen molar-refractivity contribution in [3.05, 3.63) is 30.2 Å². The molecule has 1 aliphatic heterocycles. The summed E-state index contributed by atoms with van der Waals surface area (Å²) in [5.41, 5.74) is 0.903. The molecule has 2 aromatic rings. The van der Waals surface area contributed by atoms with E-state index in [0.29, 0.717) is 24.2 Å². The van der Waals surface area contributed by atoms with Crippen molar-refractivity contribution in [1.82, 2.24) is 19.9 Å². The Balaban J connectivity index is 1.33. The molecule has 4 rings (SSSR count). The monoisotopic (exact) mass is 384 g/mol. The number of carbonyl (C=O) groups excluding carboxylic acids is 1. The van der Waals surface area contributed by atoms with Gasteiger partial charge in [0.05, 0.1) is 13.7 Å². The van der Waals surface area contributed by atoms with Gasteiger partial charge in [-0.15, -0.1) is 0 Å². The molecule has 0 N–H and O–H groups in total. The number of amides is 1. The second kappa shape index (κ2) is 8.73. The van der Waals surface area contributed by atoms with E-state index in [1.807, 2.05) is 24.3 Å². The second-order valence-corrected chi connectivity index (χ2v) is 7.68. The van der Waals surface area contributed by atoms with Crippen molar-refractivity contribution in [3.8, 4) is 17.1 Å². The van der Waals surface area contributed by atoms with Gasteiger partial charge in [0.15, 0.2) is 0 Å². The Hall–Kier alpha value is -2.41. The van der Waals surface area contributed by atoms with E-state index in [0.717, 1.165) is 56.8 Å². The minimum Gasteiger partial charge on any atom is -0.497 e. The Morgan fingerprint density at radius 3 is 2.64 bits per heavy atom. The van der Waals surface area contributed by atoms with Gasteiger partial charge in [0, 0.05) is 37.7 Å². The zero-order chi connectivity index (χ0) is 19.3. The van der Waals surface area contributed by atoms with Crippen LogP contribution in [0.5, 0.6) is 5.75 Å². The highest BCUT2D eigenvalue weighted by molar-refractivity contribution is 5.79. The number of nitrogens with zero attached hydrogens (tertiary/aromatic N) is 4. The summed E-state index contributed by atoms with van der Waals surface area (Å²) < 4.78 is 10.6. The molecule has 0 bridgehead atoms. The van der Waals surface area contributed by atoms with Crippen LogP contribution in [0.2, 0.25) is 0 Å². The Bertz CT molecular complexity index is 783. The maximum Gasteiger partial charge on any atom is 0.241 e. The fourth-order valence-electron chi connectivity index (χ4n) is 4.15. The van der Waals surface area contributed by atoms with E-state index < -0.39 is 0 Å². The van der Waals surface area contributed by atoms with E-state index in [1.165, 1.54) is 12.8 Å². The predicted octanol–water partition coefficient (Wildman–Crippen LogP) is 2.97. The van der Waals surface area contributed by atoms with Gasteiger partial charge in [0.2, 0.25) is 17.6 Å². The van der Waals surface area contributed by atoms with Crippen molar-refractivity contribution in [1.29, 1.82) is 0 Å². The van der Waals surface area contributed by atoms with Gasteiger partial charge in [0.1, 0.15) is 5.75 Å². The van der Waals surface area contributed by atoms with Crippen molar-refractivity contribution in [2.45, 2.75) is 38.6 Å². The predicted molar refractivity (Wildman–Crippen MR) is 105 cm³/mol. The number of rotatable bonds is 5. The van der Waals surface area contributed by atoms with Crippen LogP contribution in [0, 0.1) is 5.92 Å². The minimum atomic E-state index is 0.259. The van der Waals surface area contributed by atoms with Gasteiger partial charge in [-0.2, -0.15) is 4.98 Å². The van der Waals surface area contributed by atoms with E-state index in [9.17, 15) is 4.79 Å². The number of methoxy groups -OCH3 is 1. The number of hydrogen-bond donors (Lipinski definition) is 0. The number of carbonyl (C=O) groups is 1. The Morgan fingerprint density at radius 2 is 1.89 bits per heavy atom. The summed E-state index contributed by atoms with van der Waals surface area (Å²) in [4.78, 5) is 21.6. The van der Waals surface area contributed by atoms with Crippen LogP contribution in [0.1, 0.15) is 38.0 Å². The molecule has 0 atom stereocenters. The third kappa shape index (κ3) is 4.35. The molecular formula is C21H28N4O3. The number of hydrogen-bond acceptors (Lipinski definition) is 6. The maximum atomic E-state index is 12.7. The highest BCUT2D eigenvalue weighted by Crippen LogP contribution is 2.27. The van der Waals surface area contributed by atoms with Crippen LogP contribution in [0.4, 0.5) is 0 Å². The molecule has 2 heterocycles. The quantitative estimate of drug-likeness (QED) is 0.789. The highest BCUT2D eigenvalue weighted by Gasteiger charge is 2.28. The number of aromatic nitrogens is 2. The third-order valence-electron chi connectivity index (χ3n) is 5.78. The molecule has 0 unspecified atom stereocenters. The van der Waals surface area contributed by atoms with Gasteiger partial charge in [-0.25, -0.2) is 0 Å². The zero-order valence-electron chi connectivity index (χ0n) is 16.5. The van der Waals surface area contributed by atoms with E-state index in [2.05, 4.69) is 19.9 Å². The molecule has 1 aliphatic carbocycles. The summed E-state index contributed by atoms with van der Waals surface area (Å²) in [7, 11) is 1.64. The van der Waals surface area contributed by atoms with Crippen LogP contribution >= 0.6 is 0 Å². The lowest BCUT2D eigenvalue weighted by Crippen LogP contribution is -2.38. The average molecular weight is 384 g/mol. The molecule has 1 aromatic heterocycles. The van der Waals surface area contributed by atoms with Gasteiger partial charge < -0.3 is 14.2 Å². The summed E-state index contributed by atoms with van der Waals surface area (Å²) >= 11 is 0. The standard InChI is InChI=1S/C21H28N4O3/c1-27-18-9-7-16(8-10-18)20-22-19(28-23-20)15-24-11-4-12-25(14-13-24)21(26)17-5-2-3-6-17/h7-10,17H,2-6,11-15H2,1H3. The van der Waals surface area contributed by atoms with Crippen molar-refractivity contribution in [2.24, 2.45) is 5.92 Å². The molecule has 0 spiro atoms. The van der Waals surface area contributed by atoms with E-state index in [4.69, 9.17) is 9.26 Å². The van der Waals surface area contributed by atoms with E-state index in [-0.39, 0.29) is 5.92 Å². The second-order valence-electron chi connectivity index (χ2n) is 7.68. The van der Waals surface area contributed by atoms with Crippen LogP contribution in [-0.2, 0) is 11.3 Å². The topological polar surface area (TPSA) is 71.7 Å². The summed E-state index contributed by atoms with van der Waals surface area (Å²) in [5.74, 6) is 2.62. The molecule has 7 nitrogen and oxygen atoms in total. The molecule has 1 saturated heterocycles. The lowest BCUT2D eigenvalue weighted by atomic mass is 10.1. The summed E-state index contributed by atoms with van der Waals surface area (Å²) in [5, 5.41) is 4.11. The molecule has 1 aromatic carbocycles. The van der Waals surface area contributed by atoms with Crippen LogP contribution in [0.15, 0.2) is 28.8 Å². The molecule has 0 radical (unpaired) electrons. The molecule has 28 heavy (non-hydrogen) atoms. The van der Waals surface area contributed by atoms with Crippen LogP contribution in [-0.4, -0.2) is 59.1 Å². The molecule has 150 valence electrons. The Kier molecular flexibility index (Phi) is 5.90. The first kappa shape index (κ1) is 18.9. The molecular weight excluding hydrogens is 356 g/mol. The fraction of sp³-hybridized carbons (Fsp3) is 0.571. The van der Waals surface area contributed by atoms with Crippen LogP contribution in [0.3, 0.4) is 0 Å². The first-order chi connectivity index (χ1) is 13.7. The summed E-state index contributed by atoms with van der Waals surface area (Å²) in [6.45, 7) is 4.05. The van der Waals surface area contributed by atoms with Crippen LogP contribution < -0.4 is 4.74 Å². The van der Waals surface area contributed by atoms with Gasteiger partial charge in [-0.05, 0) is 43.5 Å². The van der Waals surface area contributed by atoms with Crippen molar-refractivity contribution in [3.63, 3.8) is 0 Å². The largest absolute Gasteiger partial charge is 0.497 e. The van der Waals surface area contributed by atoms with Gasteiger partial charge >= 0.3 is 0 Å². The Labute approximate surface area is 165 Å². The van der Waals surface area contributed by atoms with Gasteiger partial charge in [-0.1, -0.05) is 18.0 Å². The van der Waals surface area contributed by atoms with Crippen LogP contribution in [0.25, 0.3) is 11.4 Å². The first-order valence-corrected chi connectivity index (χ1v) is 10.2. The molecule has 2 fully saturated rings. The fourth-order valence-corrected chi connectivity index (χ4v) is 4.15. The van der Waals surface area contributed by atoms with E-state index in [1.54, 1.807) is 7.11 Å². The normalized spacial score (nSPS) is 19.0. The Morgan fingerprint density at radius 1 is 1.11 bits per heavy atom. The minimum absolute atomic E-state index is 0.259. The summed E-state index contributed by atoms with van der Waals surface area (Å²) in [6.07, 6.45) is 5.51. The van der Waals surface area contributed by atoms with Gasteiger partial charge in [-0.3, -0.25) is 9.69 Å². The smallest absolute Gasteiger partial charge is 0.241 e. The molecule has 2 aliphatic rings. The van der Waals surface area contributed by atoms with Crippen molar-refractivity contribution in [2.75, 3.05) is 33.3 Å². The average Bonchev–Trinajstić information content (AvgIpc) is 3.37. The summed E-state index contributed by atoms with van der Waals surface area (Å²) in [6, 6.07) is 7.62. The lowest BCUT2D eigenvalue weighted by molar-refractivity contribution is -0.135. The SMILES string of the molecule is COc1ccc(-c2noc(CN3CCCN(C(=O)C4CCCC4)CC3)n2)cc1. The molecule has 1 amide bonds. The number of benzene rings is 1. The first-order valence-electron chi connectivity index (χ1n) is 10.2. The van der Waals surface area contributed by atoms with Gasteiger partial charge in [0.25, 0.3) is 0 Å². The third-order valence-corrected chi connectivity index (χ3v) is 5.78. The van der Waals surface area contributed by atoms with Crippen molar-refractivity contribution < 1.29 is 14.1 Å². The zero-order valence-corrected chi connectivity index (χ0v) is 16.5.